The molecule has 0 aromatic heterocycles. The molecule has 0 unspecified atom stereocenters. The van der Waals surface area contributed by atoms with Gasteiger partial charge in [0.1, 0.15) is 6.61 Å². The van der Waals surface area contributed by atoms with E-state index >= 15 is 0 Å². The molecule has 0 aliphatic rings. The van der Waals surface area contributed by atoms with Crippen molar-refractivity contribution in [3.63, 3.8) is 0 Å². The van der Waals surface area contributed by atoms with Crippen LogP contribution in [0, 0.1) is 6.92 Å². The van der Waals surface area contributed by atoms with Gasteiger partial charge in [-0.15, -0.1) is 0 Å². The molecule has 4 nitrogen and oxygen atoms in total. The molecule has 0 atom stereocenters. The third-order valence-electron chi connectivity index (χ3n) is 4.84. The summed E-state index contributed by atoms with van der Waals surface area (Å²) in [7, 11) is 1.64. The molecule has 0 amide bonds. The molecule has 0 fully saturated rings. The molecule has 2 aromatic rings. The summed E-state index contributed by atoms with van der Waals surface area (Å²) in [5.74, 6) is 1.26. The van der Waals surface area contributed by atoms with Gasteiger partial charge in [-0.25, -0.2) is 0 Å². The Morgan fingerprint density at radius 2 is 1.75 bits per heavy atom. The van der Waals surface area contributed by atoms with Gasteiger partial charge in [0.15, 0.2) is 11.5 Å². The van der Waals surface area contributed by atoms with Gasteiger partial charge in [-0.2, -0.15) is 0 Å². The van der Waals surface area contributed by atoms with Crippen LogP contribution in [-0.2, 0) is 13.2 Å². The highest BCUT2D eigenvalue weighted by Gasteiger charge is 2.12. The van der Waals surface area contributed by atoms with Gasteiger partial charge in [0.2, 0.25) is 0 Å². The first-order valence-corrected chi connectivity index (χ1v) is 10.4. The van der Waals surface area contributed by atoms with Crippen molar-refractivity contribution < 1.29 is 9.47 Å². The topological polar surface area (TPSA) is 33.7 Å². The van der Waals surface area contributed by atoms with Gasteiger partial charge in [0, 0.05) is 6.54 Å². The second-order valence-corrected chi connectivity index (χ2v) is 7.35. The summed E-state index contributed by atoms with van der Waals surface area (Å²) in [5, 5.41) is 4.06. The van der Waals surface area contributed by atoms with E-state index < -0.39 is 0 Å². The van der Waals surface area contributed by atoms with Crippen LogP contribution in [0.5, 0.6) is 11.5 Å². The summed E-state index contributed by atoms with van der Waals surface area (Å²) in [6, 6.07) is 12.2. The first-order chi connectivity index (χ1) is 13.6. The summed E-state index contributed by atoms with van der Waals surface area (Å²) < 4.78 is 11.5. The van der Waals surface area contributed by atoms with E-state index in [2.05, 4.69) is 55.3 Å². The molecule has 5 heteroatoms. The third-order valence-corrected chi connectivity index (χ3v) is 5.13. The number of ether oxygens (including phenoxy) is 2. The minimum atomic E-state index is 0.458. The Kier molecular flexibility index (Phi) is 9.62. The van der Waals surface area contributed by atoms with Gasteiger partial charge < -0.3 is 19.7 Å². The minimum Gasteiger partial charge on any atom is -0.493 e. The van der Waals surface area contributed by atoms with Crippen LogP contribution in [0.4, 0.5) is 0 Å². The predicted molar refractivity (Wildman–Crippen MR) is 118 cm³/mol. The molecule has 1 N–H and O–H groups in total. The third kappa shape index (κ3) is 7.01. The zero-order chi connectivity index (χ0) is 20.4. The molecular weight excluding hydrogens is 372 g/mol. The Labute approximate surface area is 174 Å². The zero-order valence-corrected chi connectivity index (χ0v) is 18.3. The highest BCUT2D eigenvalue weighted by atomic mass is 35.5. The Balaban J connectivity index is 1.90. The number of nitrogens with zero attached hydrogens (tertiary/aromatic N) is 1. The lowest BCUT2D eigenvalue weighted by Crippen LogP contribution is -2.27. The van der Waals surface area contributed by atoms with E-state index in [1.54, 1.807) is 7.11 Å². The molecule has 154 valence electrons. The highest BCUT2D eigenvalue weighted by Crippen LogP contribution is 2.37. The van der Waals surface area contributed by atoms with E-state index in [0.717, 1.165) is 50.3 Å². The minimum absolute atomic E-state index is 0.458. The second-order valence-electron chi connectivity index (χ2n) is 6.94. The van der Waals surface area contributed by atoms with Crippen molar-refractivity contribution in [3.8, 4) is 11.5 Å². The lowest BCUT2D eigenvalue weighted by molar-refractivity contribution is 0.284. The molecule has 0 radical (unpaired) electrons. The summed E-state index contributed by atoms with van der Waals surface area (Å²) in [6.07, 6.45) is 1.13. The molecule has 0 heterocycles. The van der Waals surface area contributed by atoms with E-state index in [1.165, 1.54) is 5.56 Å². The number of halogens is 1. The van der Waals surface area contributed by atoms with Crippen molar-refractivity contribution in [2.45, 2.75) is 40.3 Å². The average molecular weight is 405 g/mol. The first-order valence-electron chi connectivity index (χ1n) is 10.0. The van der Waals surface area contributed by atoms with Gasteiger partial charge >= 0.3 is 0 Å². The van der Waals surface area contributed by atoms with E-state index in [4.69, 9.17) is 21.1 Å². The van der Waals surface area contributed by atoms with Gasteiger partial charge in [0.25, 0.3) is 0 Å². The van der Waals surface area contributed by atoms with Crippen molar-refractivity contribution in [2.24, 2.45) is 0 Å². The van der Waals surface area contributed by atoms with Crippen LogP contribution in [0.25, 0.3) is 0 Å². The van der Waals surface area contributed by atoms with Crippen molar-refractivity contribution >= 4 is 11.6 Å². The van der Waals surface area contributed by atoms with Gasteiger partial charge in [0.05, 0.1) is 12.1 Å². The molecule has 2 rings (SSSR count). The van der Waals surface area contributed by atoms with Crippen LogP contribution in [-0.4, -0.2) is 38.2 Å². The number of methoxy groups -OCH3 is 1. The SMILES string of the molecule is CCN(CC)CCCNCc1cc(Cl)c(OCc2ccc(C)cc2)c(OC)c1. The first kappa shape index (κ1) is 22.5. The number of hydrogen-bond donors (Lipinski definition) is 1. The van der Waals surface area contributed by atoms with Crippen LogP contribution in [0.15, 0.2) is 36.4 Å². The summed E-state index contributed by atoms with van der Waals surface area (Å²) in [4.78, 5) is 2.43. The largest absolute Gasteiger partial charge is 0.493 e. The molecule has 28 heavy (non-hydrogen) atoms. The lowest BCUT2D eigenvalue weighted by Gasteiger charge is -2.18. The maximum atomic E-state index is 6.48. The molecule has 0 saturated heterocycles. The van der Waals surface area contributed by atoms with Crippen LogP contribution < -0.4 is 14.8 Å². The maximum absolute atomic E-state index is 6.48. The normalized spacial score (nSPS) is 11.1. The van der Waals surface area contributed by atoms with Crippen LogP contribution in [0.3, 0.4) is 0 Å². The van der Waals surface area contributed by atoms with Crippen molar-refractivity contribution in [2.75, 3.05) is 33.3 Å². The van der Waals surface area contributed by atoms with Gasteiger partial charge in [-0.05, 0) is 62.8 Å². The Morgan fingerprint density at radius 1 is 1.04 bits per heavy atom. The maximum Gasteiger partial charge on any atom is 0.180 e. The Bertz CT molecular complexity index is 715. The van der Waals surface area contributed by atoms with Gasteiger partial charge in [-0.3, -0.25) is 0 Å². The van der Waals surface area contributed by atoms with Crippen molar-refractivity contribution in [1.82, 2.24) is 10.2 Å². The smallest absolute Gasteiger partial charge is 0.180 e. The number of benzene rings is 2. The molecular formula is C23H33ClN2O2. The second kappa shape index (κ2) is 11.9. The van der Waals surface area contributed by atoms with E-state index in [9.17, 15) is 0 Å². The fraction of sp³-hybridized carbons (Fsp3) is 0.478. The van der Waals surface area contributed by atoms with Gasteiger partial charge in [-0.1, -0.05) is 55.3 Å². The predicted octanol–water partition coefficient (Wildman–Crippen LogP) is 5.06. The number of rotatable bonds is 12. The van der Waals surface area contributed by atoms with Crippen LogP contribution in [0.1, 0.15) is 37.0 Å². The Hall–Kier alpha value is -1.75. The molecule has 0 spiro atoms. The summed E-state index contributed by atoms with van der Waals surface area (Å²) in [5.41, 5.74) is 3.42. The number of nitrogens with one attached hydrogen (secondary N) is 1. The molecule has 0 bridgehead atoms. The van der Waals surface area contributed by atoms with E-state index in [1.807, 2.05) is 12.1 Å². The van der Waals surface area contributed by atoms with Crippen LogP contribution in [0.2, 0.25) is 5.02 Å². The fourth-order valence-corrected chi connectivity index (χ4v) is 3.34. The zero-order valence-electron chi connectivity index (χ0n) is 17.6. The summed E-state index contributed by atoms with van der Waals surface area (Å²) >= 11 is 6.48. The highest BCUT2D eigenvalue weighted by molar-refractivity contribution is 6.32. The quantitative estimate of drug-likeness (QED) is 0.501. The standard InChI is InChI=1S/C23H33ClN2O2/c1-5-26(6-2)13-7-12-25-16-20-14-21(24)23(22(15-20)27-4)28-17-19-10-8-18(3)9-11-19/h8-11,14-15,25H,5-7,12-13,16-17H2,1-4H3. The molecule has 0 aliphatic carbocycles. The van der Waals surface area contributed by atoms with E-state index in [0.29, 0.717) is 23.1 Å². The summed E-state index contributed by atoms with van der Waals surface area (Å²) in [6.45, 7) is 12.0. The monoisotopic (exact) mass is 404 g/mol. The average Bonchev–Trinajstić information content (AvgIpc) is 2.70. The van der Waals surface area contributed by atoms with E-state index in [-0.39, 0.29) is 0 Å². The molecule has 2 aromatic carbocycles. The number of aryl methyl sites for hydroxylation is 1. The number of hydrogen-bond acceptors (Lipinski definition) is 4. The van der Waals surface area contributed by atoms with Crippen LogP contribution >= 0.6 is 11.6 Å². The lowest BCUT2D eigenvalue weighted by atomic mass is 10.1. The molecule has 0 aliphatic heterocycles. The van der Waals surface area contributed by atoms with Crippen molar-refractivity contribution in [3.05, 3.63) is 58.1 Å². The molecule has 0 saturated carbocycles. The Morgan fingerprint density at radius 3 is 2.39 bits per heavy atom. The fourth-order valence-electron chi connectivity index (χ4n) is 3.06. The van der Waals surface area contributed by atoms with Crippen molar-refractivity contribution in [1.29, 1.82) is 0 Å².